The van der Waals surface area contributed by atoms with Crippen molar-refractivity contribution in [3.8, 4) is 11.5 Å². The van der Waals surface area contributed by atoms with Gasteiger partial charge in [0.25, 0.3) is 5.91 Å². The summed E-state index contributed by atoms with van der Waals surface area (Å²) in [5.41, 5.74) is 0.521. The number of methoxy groups -OCH3 is 2. The van der Waals surface area contributed by atoms with E-state index < -0.39 is 0 Å². The smallest absolute Gasteiger partial charge is 0.310 e. The molecule has 1 amide bonds. The highest BCUT2D eigenvalue weighted by Crippen LogP contribution is 2.29. The van der Waals surface area contributed by atoms with Crippen molar-refractivity contribution in [3.05, 3.63) is 23.8 Å². The van der Waals surface area contributed by atoms with Gasteiger partial charge in [0.2, 0.25) is 0 Å². The van der Waals surface area contributed by atoms with Gasteiger partial charge in [0.05, 0.1) is 26.7 Å². The molecule has 0 bridgehead atoms. The topological polar surface area (TPSA) is 65.1 Å². The van der Waals surface area contributed by atoms with E-state index in [2.05, 4.69) is 0 Å². The van der Waals surface area contributed by atoms with E-state index in [4.69, 9.17) is 14.2 Å². The van der Waals surface area contributed by atoms with Crippen LogP contribution in [-0.4, -0.2) is 50.7 Å². The van der Waals surface area contributed by atoms with Gasteiger partial charge in [0, 0.05) is 18.7 Å². The first-order chi connectivity index (χ1) is 11.1. The Labute approximate surface area is 136 Å². The maximum Gasteiger partial charge on any atom is 0.310 e. The lowest BCUT2D eigenvalue weighted by atomic mass is 9.97. The van der Waals surface area contributed by atoms with Crippen molar-refractivity contribution in [1.29, 1.82) is 0 Å². The Balaban J connectivity index is 2.12. The quantitative estimate of drug-likeness (QED) is 0.777. The zero-order valence-electron chi connectivity index (χ0n) is 13.8. The first-order valence-electron chi connectivity index (χ1n) is 7.78. The van der Waals surface area contributed by atoms with Gasteiger partial charge in [-0.25, -0.2) is 0 Å². The molecule has 1 aromatic rings. The first-order valence-corrected chi connectivity index (χ1v) is 7.78. The summed E-state index contributed by atoms with van der Waals surface area (Å²) in [5.74, 6) is 0.509. The van der Waals surface area contributed by atoms with Crippen molar-refractivity contribution in [2.45, 2.75) is 19.8 Å². The molecule has 0 saturated carbocycles. The van der Waals surface area contributed by atoms with Gasteiger partial charge < -0.3 is 19.1 Å². The molecule has 0 unspecified atom stereocenters. The van der Waals surface area contributed by atoms with E-state index in [9.17, 15) is 9.59 Å². The molecule has 0 spiro atoms. The molecule has 126 valence electrons. The maximum absolute atomic E-state index is 12.7. The van der Waals surface area contributed by atoms with Gasteiger partial charge in [-0.15, -0.1) is 0 Å². The fraction of sp³-hybridized carbons (Fsp3) is 0.529. The molecule has 1 aromatic carbocycles. The minimum absolute atomic E-state index is 0.111. The summed E-state index contributed by atoms with van der Waals surface area (Å²) in [6.45, 7) is 3.18. The summed E-state index contributed by atoms with van der Waals surface area (Å²) in [7, 11) is 3.08. The highest BCUT2D eigenvalue weighted by Gasteiger charge is 2.30. The molecule has 1 heterocycles. The van der Waals surface area contributed by atoms with Gasteiger partial charge in [0.15, 0.2) is 11.5 Å². The van der Waals surface area contributed by atoms with Crippen LogP contribution in [0.1, 0.15) is 30.1 Å². The van der Waals surface area contributed by atoms with Crippen molar-refractivity contribution in [2.24, 2.45) is 5.92 Å². The number of hydrogen-bond acceptors (Lipinski definition) is 5. The third-order valence-corrected chi connectivity index (χ3v) is 3.96. The van der Waals surface area contributed by atoms with Crippen LogP contribution in [0.2, 0.25) is 0 Å². The molecular formula is C17H23NO5. The zero-order chi connectivity index (χ0) is 16.8. The lowest BCUT2D eigenvalue weighted by molar-refractivity contribution is -0.149. The predicted molar refractivity (Wildman–Crippen MR) is 84.8 cm³/mol. The number of hydrogen-bond donors (Lipinski definition) is 0. The first kappa shape index (κ1) is 17.1. The van der Waals surface area contributed by atoms with Crippen LogP contribution in [0.5, 0.6) is 11.5 Å². The van der Waals surface area contributed by atoms with Crippen LogP contribution in [0.25, 0.3) is 0 Å². The molecule has 1 fully saturated rings. The minimum Gasteiger partial charge on any atom is -0.493 e. The number of benzene rings is 1. The Morgan fingerprint density at radius 3 is 2.61 bits per heavy atom. The molecule has 1 atom stereocenters. The fourth-order valence-corrected chi connectivity index (χ4v) is 2.77. The molecule has 1 aliphatic rings. The predicted octanol–water partition coefficient (Wildman–Crippen LogP) is 2.12. The molecule has 2 rings (SSSR count). The minimum atomic E-state index is -0.243. The van der Waals surface area contributed by atoms with E-state index in [-0.39, 0.29) is 17.8 Å². The van der Waals surface area contributed by atoms with Gasteiger partial charge >= 0.3 is 5.97 Å². The van der Waals surface area contributed by atoms with E-state index in [1.807, 2.05) is 0 Å². The van der Waals surface area contributed by atoms with E-state index >= 15 is 0 Å². The average Bonchev–Trinajstić information content (AvgIpc) is 2.60. The summed E-state index contributed by atoms with van der Waals surface area (Å²) in [5, 5.41) is 0. The number of esters is 1. The van der Waals surface area contributed by atoms with Crippen LogP contribution in [0.4, 0.5) is 0 Å². The van der Waals surface area contributed by atoms with Gasteiger partial charge in [-0.05, 0) is 38.0 Å². The molecular weight excluding hydrogens is 298 g/mol. The lowest BCUT2D eigenvalue weighted by Crippen LogP contribution is -2.42. The number of carbonyl (C=O) groups is 2. The lowest BCUT2D eigenvalue weighted by Gasteiger charge is -2.31. The monoisotopic (exact) mass is 321 g/mol. The van der Waals surface area contributed by atoms with Crippen molar-refractivity contribution < 1.29 is 23.8 Å². The summed E-state index contributed by atoms with van der Waals surface area (Å²) < 4.78 is 15.5. The standard InChI is InChI=1S/C17H23NO5/c1-4-23-17(20)13-6-5-9-18(11-13)16(19)12-7-8-14(21-2)15(10-12)22-3/h7-8,10,13H,4-6,9,11H2,1-3H3/t13-/m1/s1. The number of likely N-dealkylation sites (tertiary alicyclic amines) is 1. The second-order valence-electron chi connectivity index (χ2n) is 5.41. The SMILES string of the molecule is CCOC(=O)[C@@H]1CCCN(C(=O)c2ccc(OC)c(OC)c2)C1. The van der Waals surface area contributed by atoms with Gasteiger partial charge in [-0.3, -0.25) is 9.59 Å². The van der Waals surface area contributed by atoms with Crippen LogP contribution < -0.4 is 9.47 Å². The number of carbonyl (C=O) groups excluding carboxylic acids is 2. The fourth-order valence-electron chi connectivity index (χ4n) is 2.77. The second kappa shape index (κ2) is 7.85. The zero-order valence-corrected chi connectivity index (χ0v) is 13.8. The molecule has 0 radical (unpaired) electrons. The number of nitrogens with zero attached hydrogens (tertiary/aromatic N) is 1. The molecule has 0 aliphatic carbocycles. The normalized spacial score (nSPS) is 17.5. The summed E-state index contributed by atoms with van der Waals surface area (Å²) in [6, 6.07) is 5.08. The summed E-state index contributed by atoms with van der Waals surface area (Å²) in [6.07, 6.45) is 1.55. The number of amides is 1. The van der Waals surface area contributed by atoms with Crippen molar-refractivity contribution in [1.82, 2.24) is 4.90 Å². The molecule has 1 aliphatic heterocycles. The third-order valence-electron chi connectivity index (χ3n) is 3.96. The highest BCUT2D eigenvalue weighted by atomic mass is 16.5. The number of rotatable bonds is 5. The molecule has 1 saturated heterocycles. The second-order valence-corrected chi connectivity index (χ2v) is 5.41. The van der Waals surface area contributed by atoms with Crippen molar-refractivity contribution in [2.75, 3.05) is 33.9 Å². The van der Waals surface area contributed by atoms with Crippen LogP contribution in [-0.2, 0) is 9.53 Å². The molecule has 0 aromatic heterocycles. The van der Waals surface area contributed by atoms with E-state index in [1.165, 1.54) is 7.11 Å². The summed E-state index contributed by atoms with van der Waals surface area (Å²) in [4.78, 5) is 26.3. The number of ether oxygens (including phenoxy) is 3. The van der Waals surface area contributed by atoms with E-state index in [1.54, 1.807) is 37.1 Å². The van der Waals surface area contributed by atoms with Gasteiger partial charge in [-0.1, -0.05) is 0 Å². The van der Waals surface area contributed by atoms with Crippen molar-refractivity contribution in [3.63, 3.8) is 0 Å². The highest BCUT2D eigenvalue weighted by molar-refractivity contribution is 5.95. The van der Waals surface area contributed by atoms with Crippen LogP contribution in [0.15, 0.2) is 18.2 Å². The molecule has 6 nitrogen and oxygen atoms in total. The Hall–Kier alpha value is -2.24. The maximum atomic E-state index is 12.7. The van der Waals surface area contributed by atoms with Gasteiger partial charge in [-0.2, -0.15) is 0 Å². The Kier molecular flexibility index (Phi) is 5.84. The Morgan fingerprint density at radius 2 is 1.96 bits per heavy atom. The van der Waals surface area contributed by atoms with E-state index in [0.717, 1.165) is 12.8 Å². The largest absolute Gasteiger partial charge is 0.493 e. The van der Waals surface area contributed by atoms with Crippen LogP contribution in [0.3, 0.4) is 0 Å². The van der Waals surface area contributed by atoms with Crippen molar-refractivity contribution >= 4 is 11.9 Å². The molecule has 23 heavy (non-hydrogen) atoms. The summed E-state index contributed by atoms with van der Waals surface area (Å²) >= 11 is 0. The molecule has 6 heteroatoms. The number of piperidine rings is 1. The van der Waals surface area contributed by atoms with Crippen LogP contribution in [0, 0.1) is 5.92 Å². The average molecular weight is 321 g/mol. The molecule has 0 N–H and O–H groups in total. The van der Waals surface area contributed by atoms with E-state index in [0.29, 0.717) is 36.8 Å². The van der Waals surface area contributed by atoms with Crippen LogP contribution >= 0.6 is 0 Å². The Morgan fingerprint density at radius 1 is 1.22 bits per heavy atom. The Bertz CT molecular complexity index is 572. The third kappa shape index (κ3) is 3.94. The van der Waals surface area contributed by atoms with Gasteiger partial charge in [0.1, 0.15) is 0 Å².